The number of terminal acetylenes is 1. The van der Waals surface area contributed by atoms with Crippen LogP contribution in [-0.4, -0.2) is 19.6 Å². The normalized spacial score (nSPS) is 10.9. The molecule has 0 saturated heterocycles. The van der Waals surface area contributed by atoms with Gasteiger partial charge in [-0.1, -0.05) is 18.1 Å². The summed E-state index contributed by atoms with van der Waals surface area (Å²) in [5, 5.41) is 3.32. The third-order valence-corrected chi connectivity index (χ3v) is 2.55. The van der Waals surface area contributed by atoms with Gasteiger partial charge in [0.1, 0.15) is 0 Å². The molecular formula is C14H20N2. The van der Waals surface area contributed by atoms with E-state index in [1.807, 2.05) is 27.9 Å². The molecule has 0 fully saturated rings. The lowest BCUT2D eigenvalue weighted by Gasteiger charge is -2.20. The van der Waals surface area contributed by atoms with Crippen LogP contribution in [0.15, 0.2) is 24.3 Å². The zero-order valence-electron chi connectivity index (χ0n) is 10.5. The molecule has 2 nitrogen and oxygen atoms in total. The standard InChI is InChI=1S/C14H20N2/c1-6-14(2,3)15-11-12-7-9-13(10-8-12)16(4)5/h1,7-10,15H,11H2,2-5H3. The maximum atomic E-state index is 5.42. The van der Waals surface area contributed by atoms with E-state index < -0.39 is 0 Å². The molecule has 0 heterocycles. The van der Waals surface area contributed by atoms with Gasteiger partial charge in [0.2, 0.25) is 0 Å². The summed E-state index contributed by atoms with van der Waals surface area (Å²) in [5.41, 5.74) is 2.20. The number of hydrogen-bond acceptors (Lipinski definition) is 2. The van der Waals surface area contributed by atoms with E-state index in [1.165, 1.54) is 11.3 Å². The Labute approximate surface area is 98.7 Å². The van der Waals surface area contributed by atoms with Gasteiger partial charge >= 0.3 is 0 Å². The number of benzene rings is 1. The average molecular weight is 216 g/mol. The molecule has 0 spiro atoms. The van der Waals surface area contributed by atoms with E-state index in [1.54, 1.807) is 0 Å². The molecule has 0 unspecified atom stereocenters. The summed E-state index contributed by atoms with van der Waals surface area (Å²) >= 11 is 0. The Bertz CT molecular complexity index is 369. The second-order valence-electron chi connectivity index (χ2n) is 4.68. The van der Waals surface area contributed by atoms with Gasteiger partial charge in [-0.15, -0.1) is 6.42 Å². The topological polar surface area (TPSA) is 15.3 Å². The molecule has 1 aromatic carbocycles. The largest absolute Gasteiger partial charge is 0.378 e. The fourth-order valence-corrected chi connectivity index (χ4v) is 1.29. The molecular weight excluding hydrogens is 196 g/mol. The zero-order valence-corrected chi connectivity index (χ0v) is 10.5. The van der Waals surface area contributed by atoms with Crippen molar-refractivity contribution in [3.05, 3.63) is 29.8 Å². The first-order valence-corrected chi connectivity index (χ1v) is 5.44. The molecule has 2 heteroatoms. The Kier molecular flexibility index (Phi) is 3.98. The molecule has 0 aliphatic heterocycles. The monoisotopic (exact) mass is 216 g/mol. The molecule has 0 radical (unpaired) electrons. The first-order chi connectivity index (χ1) is 7.44. The summed E-state index contributed by atoms with van der Waals surface area (Å²) in [6.07, 6.45) is 5.42. The van der Waals surface area contributed by atoms with Crippen molar-refractivity contribution in [2.45, 2.75) is 25.9 Å². The maximum Gasteiger partial charge on any atom is 0.0743 e. The molecule has 0 bridgehead atoms. The Morgan fingerprint density at radius 1 is 1.25 bits per heavy atom. The Balaban J connectivity index is 2.60. The fourth-order valence-electron chi connectivity index (χ4n) is 1.29. The van der Waals surface area contributed by atoms with E-state index in [2.05, 4.69) is 40.4 Å². The van der Waals surface area contributed by atoms with Crippen molar-refractivity contribution < 1.29 is 0 Å². The van der Waals surface area contributed by atoms with Gasteiger partial charge in [-0.3, -0.25) is 5.32 Å². The minimum absolute atomic E-state index is 0.250. The summed E-state index contributed by atoms with van der Waals surface area (Å²) in [5.74, 6) is 2.72. The summed E-state index contributed by atoms with van der Waals surface area (Å²) < 4.78 is 0. The minimum atomic E-state index is -0.250. The van der Waals surface area contributed by atoms with Crippen LogP contribution in [0.2, 0.25) is 0 Å². The van der Waals surface area contributed by atoms with Gasteiger partial charge in [0.25, 0.3) is 0 Å². The highest BCUT2D eigenvalue weighted by molar-refractivity contribution is 5.45. The van der Waals surface area contributed by atoms with Crippen molar-refractivity contribution in [1.82, 2.24) is 5.32 Å². The quantitative estimate of drug-likeness (QED) is 0.777. The van der Waals surface area contributed by atoms with Gasteiger partial charge in [0.05, 0.1) is 5.54 Å². The van der Waals surface area contributed by atoms with Crippen molar-refractivity contribution in [3.63, 3.8) is 0 Å². The third kappa shape index (κ3) is 3.60. The molecule has 0 atom stereocenters. The first kappa shape index (κ1) is 12.6. The molecule has 0 amide bonds. The maximum absolute atomic E-state index is 5.42. The predicted octanol–water partition coefficient (Wildman–Crippen LogP) is 2.25. The summed E-state index contributed by atoms with van der Waals surface area (Å²) in [4.78, 5) is 2.09. The number of rotatable bonds is 4. The highest BCUT2D eigenvalue weighted by Gasteiger charge is 2.11. The van der Waals surface area contributed by atoms with E-state index in [9.17, 15) is 0 Å². The Morgan fingerprint density at radius 2 is 1.81 bits per heavy atom. The first-order valence-electron chi connectivity index (χ1n) is 5.44. The minimum Gasteiger partial charge on any atom is -0.378 e. The predicted molar refractivity (Wildman–Crippen MR) is 70.5 cm³/mol. The number of nitrogens with one attached hydrogen (secondary N) is 1. The van der Waals surface area contributed by atoms with Crippen molar-refractivity contribution in [2.24, 2.45) is 0 Å². The number of nitrogens with zero attached hydrogens (tertiary/aromatic N) is 1. The van der Waals surface area contributed by atoms with Gasteiger partial charge in [-0.05, 0) is 31.5 Å². The van der Waals surface area contributed by atoms with E-state index in [0.29, 0.717) is 0 Å². The number of hydrogen-bond donors (Lipinski definition) is 1. The Hall–Kier alpha value is -1.46. The van der Waals surface area contributed by atoms with Gasteiger partial charge in [-0.2, -0.15) is 0 Å². The summed E-state index contributed by atoms with van der Waals surface area (Å²) in [7, 11) is 4.07. The van der Waals surface area contributed by atoms with Crippen molar-refractivity contribution in [2.75, 3.05) is 19.0 Å². The second-order valence-corrected chi connectivity index (χ2v) is 4.68. The molecule has 0 aromatic heterocycles. The van der Waals surface area contributed by atoms with Crippen molar-refractivity contribution in [1.29, 1.82) is 0 Å². The molecule has 16 heavy (non-hydrogen) atoms. The van der Waals surface area contributed by atoms with Crippen molar-refractivity contribution in [3.8, 4) is 12.3 Å². The Morgan fingerprint density at radius 3 is 2.25 bits per heavy atom. The van der Waals surface area contributed by atoms with E-state index in [-0.39, 0.29) is 5.54 Å². The van der Waals surface area contributed by atoms with E-state index >= 15 is 0 Å². The van der Waals surface area contributed by atoms with Crippen LogP contribution < -0.4 is 10.2 Å². The molecule has 0 aliphatic rings. The highest BCUT2D eigenvalue weighted by Crippen LogP contribution is 2.12. The van der Waals surface area contributed by atoms with Crippen LogP contribution in [-0.2, 0) is 6.54 Å². The molecule has 1 aromatic rings. The van der Waals surface area contributed by atoms with Gasteiger partial charge in [0, 0.05) is 26.3 Å². The van der Waals surface area contributed by atoms with E-state index in [4.69, 9.17) is 6.42 Å². The van der Waals surface area contributed by atoms with Gasteiger partial charge in [-0.25, -0.2) is 0 Å². The van der Waals surface area contributed by atoms with Crippen LogP contribution >= 0.6 is 0 Å². The fraction of sp³-hybridized carbons (Fsp3) is 0.429. The lowest BCUT2D eigenvalue weighted by molar-refractivity contribution is 0.491. The van der Waals surface area contributed by atoms with Crippen molar-refractivity contribution >= 4 is 5.69 Å². The average Bonchev–Trinajstić information content (AvgIpc) is 2.27. The molecule has 86 valence electrons. The zero-order chi connectivity index (χ0) is 12.2. The second kappa shape index (κ2) is 5.05. The van der Waals surface area contributed by atoms with Crippen LogP contribution in [0.25, 0.3) is 0 Å². The van der Waals surface area contributed by atoms with Gasteiger partial charge in [0.15, 0.2) is 0 Å². The summed E-state index contributed by atoms with van der Waals surface area (Å²) in [6.45, 7) is 4.80. The van der Waals surface area contributed by atoms with Crippen LogP contribution in [0.5, 0.6) is 0 Å². The molecule has 0 aliphatic carbocycles. The van der Waals surface area contributed by atoms with Gasteiger partial charge < -0.3 is 4.90 Å². The van der Waals surface area contributed by atoms with Crippen LogP contribution in [0, 0.1) is 12.3 Å². The lowest BCUT2D eigenvalue weighted by Crippen LogP contribution is -2.36. The van der Waals surface area contributed by atoms with Crippen LogP contribution in [0.4, 0.5) is 5.69 Å². The molecule has 1 N–H and O–H groups in total. The third-order valence-electron chi connectivity index (χ3n) is 2.55. The smallest absolute Gasteiger partial charge is 0.0743 e. The van der Waals surface area contributed by atoms with E-state index in [0.717, 1.165) is 6.54 Å². The van der Waals surface area contributed by atoms with Crippen LogP contribution in [0.1, 0.15) is 19.4 Å². The molecule has 1 rings (SSSR count). The SMILES string of the molecule is C#CC(C)(C)NCc1ccc(N(C)C)cc1. The molecule has 0 saturated carbocycles. The van der Waals surface area contributed by atoms with Crippen LogP contribution in [0.3, 0.4) is 0 Å². The summed E-state index contributed by atoms with van der Waals surface area (Å²) in [6, 6.07) is 8.46. The highest BCUT2D eigenvalue weighted by atomic mass is 15.1. The number of anilines is 1. The lowest BCUT2D eigenvalue weighted by atomic mass is 10.1.